The zero-order valence-electron chi connectivity index (χ0n) is 12.5. The van der Waals surface area contributed by atoms with E-state index in [9.17, 15) is 9.46 Å². The molecule has 0 amide bonds. The average Bonchev–Trinajstić information content (AvgIpc) is 2.33. The minimum absolute atomic E-state index is 0. The fourth-order valence-electron chi connectivity index (χ4n) is 1.89. The molecule has 0 bridgehead atoms. The Bertz CT molecular complexity index is 225. The van der Waals surface area contributed by atoms with Gasteiger partial charge in [0.1, 0.15) is 0 Å². The van der Waals surface area contributed by atoms with Crippen LogP contribution in [-0.2, 0) is 25.6 Å². The molecule has 1 N–H and O–H groups in total. The molecular formula is C14H31NiO3P. The predicted octanol–water partition coefficient (Wildman–Crippen LogP) is 5.13. The van der Waals surface area contributed by atoms with Crippen molar-refractivity contribution in [1.82, 2.24) is 0 Å². The van der Waals surface area contributed by atoms with Gasteiger partial charge in [-0.3, -0.25) is 4.57 Å². The van der Waals surface area contributed by atoms with E-state index in [2.05, 4.69) is 13.8 Å². The standard InChI is InChI=1S/C14H31O3P.Ni/c1-3-5-7-9-11-13-17-18(15,16)14-12-10-8-6-4-2;/h3-14H2,1-2H3,(H,15,16);. The van der Waals surface area contributed by atoms with E-state index in [0.717, 1.165) is 32.1 Å². The molecule has 3 nitrogen and oxygen atoms in total. The average molecular weight is 337 g/mol. The number of hydrogen-bond acceptors (Lipinski definition) is 2. The van der Waals surface area contributed by atoms with Crippen LogP contribution in [0, 0.1) is 0 Å². The molecule has 1 unspecified atom stereocenters. The summed E-state index contributed by atoms with van der Waals surface area (Å²) in [4.78, 5) is 9.61. The van der Waals surface area contributed by atoms with Gasteiger partial charge in [0.05, 0.1) is 6.61 Å². The predicted molar refractivity (Wildman–Crippen MR) is 78.2 cm³/mol. The van der Waals surface area contributed by atoms with Gasteiger partial charge in [0.25, 0.3) is 0 Å². The van der Waals surface area contributed by atoms with E-state index in [4.69, 9.17) is 4.52 Å². The van der Waals surface area contributed by atoms with E-state index in [0.29, 0.717) is 12.8 Å². The second-order valence-corrected chi connectivity index (χ2v) is 7.00. The quantitative estimate of drug-likeness (QED) is 0.288. The molecule has 5 heteroatoms. The topological polar surface area (TPSA) is 46.5 Å². The Morgan fingerprint density at radius 1 is 0.842 bits per heavy atom. The second-order valence-electron chi connectivity index (χ2n) is 5.02. The van der Waals surface area contributed by atoms with Gasteiger partial charge in [-0.1, -0.05) is 65.2 Å². The van der Waals surface area contributed by atoms with Crippen LogP contribution in [0.1, 0.15) is 78.1 Å². The Morgan fingerprint density at radius 3 is 1.84 bits per heavy atom. The summed E-state index contributed by atoms with van der Waals surface area (Å²) in [6.45, 7) is 4.78. The van der Waals surface area contributed by atoms with Crippen LogP contribution >= 0.6 is 7.60 Å². The summed E-state index contributed by atoms with van der Waals surface area (Å²) in [6.07, 6.45) is 11.4. The van der Waals surface area contributed by atoms with Crippen LogP contribution in [0.25, 0.3) is 0 Å². The Kier molecular flexibility index (Phi) is 17.4. The molecule has 0 rings (SSSR count). The summed E-state index contributed by atoms with van der Waals surface area (Å²) < 4.78 is 16.8. The first-order chi connectivity index (χ1) is 8.62. The van der Waals surface area contributed by atoms with E-state index < -0.39 is 7.60 Å². The van der Waals surface area contributed by atoms with E-state index in [-0.39, 0.29) is 16.5 Å². The zero-order valence-corrected chi connectivity index (χ0v) is 14.4. The molecule has 0 spiro atoms. The molecular weight excluding hydrogens is 306 g/mol. The van der Waals surface area contributed by atoms with E-state index in [1.165, 1.54) is 32.1 Å². The fraction of sp³-hybridized carbons (Fsp3) is 1.00. The maximum atomic E-state index is 11.7. The van der Waals surface area contributed by atoms with Gasteiger partial charge in [0.2, 0.25) is 0 Å². The van der Waals surface area contributed by atoms with E-state index >= 15 is 0 Å². The third-order valence-electron chi connectivity index (χ3n) is 3.09. The van der Waals surface area contributed by atoms with Crippen LogP contribution in [0.4, 0.5) is 0 Å². The number of rotatable bonds is 13. The van der Waals surface area contributed by atoms with Gasteiger partial charge in [-0.25, -0.2) is 0 Å². The zero-order chi connectivity index (χ0) is 13.7. The third-order valence-corrected chi connectivity index (χ3v) is 4.55. The molecule has 0 saturated carbocycles. The smallest absolute Gasteiger partial charge is 0.324 e. The minimum atomic E-state index is -3.30. The van der Waals surface area contributed by atoms with Crippen molar-refractivity contribution in [2.24, 2.45) is 0 Å². The molecule has 0 saturated heterocycles. The van der Waals surface area contributed by atoms with Gasteiger partial charge < -0.3 is 9.42 Å². The number of hydrogen-bond donors (Lipinski definition) is 1. The van der Waals surface area contributed by atoms with Crippen molar-refractivity contribution in [3.63, 3.8) is 0 Å². The molecule has 0 heterocycles. The molecule has 0 aromatic carbocycles. The van der Waals surface area contributed by atoms with Crippen LogP contribution < -0.4 is 0 Å². The van der Waals surface area contributed by atoms with Crippen molar-refractivity contribution in [3.8, 4) is 0 Å². The van der Waals surface area contributed by atoms with Crippen molar-refractivity contribution in [1.29, 1.82) is 0 Å². The van der Waals surface area contributed by atoms with Crippen molar-refractivity contribution in [2.45, 2.75) is 78.1 Å². The first-order valence-corrected chi connectivity index (χ1v) is 9.35. The monoisotopic (exact) mass is 336 g/mol. The van der Waals surface area contributed by atoms with Crippen molar-refractivity contribution in [2.75, 3.05) is 12.8 Å². The molecule has 120 valence electrons. The number of unbranched alkanes of at least 4 members (excludes halogenated alkanes) is 8. The maximum absolute atomic E-state index is 11.7. The normalized spacial score (nSPS) is 13.8. The molecule has 0 aliphatic heterocycles. The van der Waals surface area contributed by atoms with Gasteiger partial charge in [0, 0.05) is 22.7 Å². The van der Waals surface area contributed by atoms with Crippen LogP contribution in [0.3, 0.4) is 0 Å². The Labute approximate surface area is 129 Å². The molecule has 0 aliphatic carbocycles. The summed E-state index contributed by atoms with van der Waals surface area (Å²) in [7, 11) is -3.30. The molecule has 1 atom stereocenters. The summed E-state index contributed by atoms with van der Waals surface area (Å²) in [5.41, 5.74) is 0. The van der Waals surface area contributed by atoms with Gasteiger partial charge in [-0.05, 0) is 12.8 Å². The SMILES string of the molecule is CCCCCCCOP(=O)(O)CCCCCCC.[Ni]. The van der Waals surface area contributed by atoms with E-state index in [1.54, 1.807) is 0 Å². The van der Waals surface area contributed by atoms with Gasteiger partial charge in [0.15, 0.2) is 0 Å². The summed E-state index contributed by atoms with van der Waals surface area (Å²) in [6, 6.07) is 0. The van der Waals surface area contributed by atoms with Crippen molar-refractivity contribution in [3.05, 3.63) is 0 Å². The third kappa shape index (κ3) is 16.6. The van der Waals surface area contributed by atoms with Crippen LogP contribution in [-0.4, -0.2) is 17.7 Å². The summed E-state index contributed by atoms with van der Waals surface area (Å²) in [5, 5.41) is 0. The largest absolute Gasteiger partial charge is 0.328 e. The van der Waals surface area contributed by atoms with Gasteiger partial charge in [-0.15, -0.1) is 0 Å². The maximum Gasteiger partial charge on any atom is 0.328 e. The van der Waals surface area contributed by atoms with Gasteiger partial charge in [-0.2, -0.15) is 0 Å². The second kappa shape index (κ2) is 15.0. The molecule has 0 aliphatic rings. The molecule has 0 aromatic heterocycles. The first-order valence-electron chi connectivity index (χ1n) is 7.58. The van der Waals surface area contributed by atoms with E-state index in [1.807, 2.05) is 0 Å². The van der Waals surface area contributed by atoms with Crippen molar-refractivity contribution >= 4 is 7.60 Å². The summed E-state index contributed by atoms with van der Waals surface area (Å²) in [5.74, 6) is 0. The fourth-order valence-corrected chi connectivity index (χ4v) is 3.06. The Hall–Kier alpha value is 0.644. The molecule has 0 radical (unpaired) electrons. The summed E-state index contributed by atoms with van der Waals surface area (Å²) >= 11 is 0. The molecule has 0 fully saturated rings. The Morgan fingerprint density at radius 2 is 1.32 bits per heavy atom. The van der Waals surface area contributed by atoms with Gasteiger partial charge >= 0.3 is 7.60 Å². The van der Waals surface area contributed by atoms with Crippen LogP contribution in [0.15, 0.2) is 0 Å². The first kappa shape index (κ1) is 21.9. The minimum Gasteiger partial charge on any atom is -0.324 e. The molecule has 19 heavy (non-hydrogen) atoms. The van der Waals surface area contributed by atoms with Crippen molar-refractivity contribution < 1.29 is 30.5 Å². The Balaban J connectivity index is 0. The van der Waals surface area contributed by atoms with Crippen LogP contribution in [0.2, 0.25) is 0 Å². The van der Waals surface area contributed by atoms with Crippen LogP contribution in [0.5, 0.6) is 0 Å². The molecule has 0 aromatic rings.